The monoisotopic (exact) mass is 764 g/mol. The minimum Gasteiger partial charge on any atom is -0.311 e. The molecule has 282 valence electrons. The third-order valence-electron chi connectivity index (χ3n) is 11.8. The zero-order valence-corrected chi connectivity index (χ0v) is 33.0. The lowest BCUT2D eigenvalue weighted by Gasteiger charge is -2.26. The molecule has 2 nitrogen and oxygen atoms in total. The molecule has 0 aliphatic carbocycles. The second kappa shape index (κ2) is 15.1. The third kappa shape index (κ3) is 6.23. The minimum absolute atomic E-state index is 1.09. The first kappa shape index (κ1) is 35.2. The summed E-state index contributed by atoms with van der Waals surface area (Å²) in [6.45, 7) is 0. The van der Waals surface area contributed by atoms with Gasteiger partial charge in [-0.1, -0.05) is 188 Å². The molecule has 0 radical (unpaired) electrons. The van der Waals surface area contributed by atoms with E-state index in [9.17, 15) is 0 Å². The van der Waals surface area contributed by atoms with Gasteiger partial charge in [-0.05, 0) is 104 Å². The molecule has 1 heterocycles. The second-order valence-electron chi connectivity index (χ2n) is 15.3. The fourth-order valence-corrected chi connectivity index (χ4v) is 8.99. The standard InChI is InChI=1S/C58H40N2/c1-3-15-41(16-4-1)42-29-35-47(36-30-42)59(48-37-31-45(32-38-48)51-24-13-20-43-19-7-8-21-50(43)51)49-39-33-46(34-40-49)52-22-9-11-26-55(52)60-56-27-12-10-23-54(56)58-53(25-14-28-57(58)60)44-17-5-2-6-18-44/h1-40H. The number of anilines is 3. The van der Waals surface area contributed by atoms with Crippen molar-refractivity contribution in [3.8, 4) is 50.2 Å². The molecule has 0 fully saturated rings. The number of benzene rings is 10. The maximum Gasteiger partial charge on any atom is 0.0547 e. The molecule has 1 aromatic heterocycles. The fourth-order valence-electron chi connectivity index (χ4n) is 8.99. The summed E-state index contributed by atoms with van der Waals surface area (Å²) in [4.78, 5) is 2.36. The van der Waals surface area contributed by atoms with Crippen LogP contribution < -0.4 is 4.90 Å². The van der Waals surface area contributed by atoms with Gasteiger partial charge in [0.05, 0.1) is 16.7 Å². The Labute approximate surface area is 350 Å². The van der Waals surface area contributed by atoms with Gasteiger partial charge in [0.2, 0.25) is 0 Å². The molecule has 0 bridgehead atoms. The molecule has 2 heteroatoms. The number of fused-ring (bicyclic) bond motifs is 4. The van der Waals surface area contributed by atoms with Crippen LogP contribution in [0.2, 0.25) is 0 Å². The molecule has 0 saturated heterocycles. The molecule has 0 atom stereocenters. The normalized spacial score (nSPS) is 11.3. The van der Waals surface area contributed by atoms with Crippen molar-refractivity contribution >= 4 is 49.6 Å². The Balaban J connectivity index is 1.01. The molecule has 0 saturated carbocycles. The van der Waals surface area contributed by atoms with Crippen molar-refractivity contribution in [3.05, 3.63) is 243 Å². The highest BCUT2D eigenvalue weighted by Crippen LogP contribution is 2.42. The van der Waals surface area contributed by atoms with Gasteiger partial charge in [-0.25, -0.2) is 0 Å². The Bertz CT molecular complexity index is 3270. The summed E-state index contributed by atoms with van der Waals surface area (Å²) in [5, 5.41) is 5.02. The number of nitrogens with zero attached hydrogens (tertiary/aromatic N) is 2. The van der Waals surface area contributed by atoms with Crippen molar-refractivity contribution in [1.82, 2.24) is 4.57 Å². The van der Waals surface area contributed by atoms with Crippen LogP contribution in [-0.2, 0) is 0 Å². The summed E-state index contributed by atoms with van der Waals surface area (Å²) in [7, 11) is 0. The van der Waals surface area contributed by atoms with E-state index in [1.807, 2.05) is 0 Å². The molecule has 0 unspecified atom stereocenters. The van der Waals surface area contributed by atoms with Crippen LogP contribution in [0.15, 0.2) is 243 Å². The van der Waals surface area contributed by atoms with Crippen molar-refractivity contribution in [2.45, 2.75) is 0 Å². The Morgan fingerprint density at radius 1 is 0.267 bits per heavy atom. The Morgan fingerprint density at radius 3 is 1.40 bits per heavy atom. The lowest BCUT2D eigenvalue weighted by molar-refractivity contribution is 1.18. The number of hydrogen-bond acceptors (Lipinski definition) is 1. The summed E-state index contributed by atoms with van der Waals surface area (Å²) in [5.41, 5.74) is 16.4. The van der Waals surface area contributed by atoms with Gasteiger partial charge in [-0.2, -0.15) is 0 Å². The van der Waals surface area contributed by atoms with E-state index >= 15 is 0 Å². The van der Waals surface area contributed by atoms with Crippen LogP contribution in [0.4, 0.5) is 17.1 Å². The topological polar surface area (TPSA) is 8.17 Å². The molecule has 0 spiro atoms. The number of aromatic nitrogens is 1. The molecule has 0 aliphatic heterocycles. The maximum absolute atomic E-state index is 2.44. The third-order valence-corrected chi connectivity index (χ3v) is 11.8. The van der Waals surface area contributed by atoms with E-state index in [1.54, 1.807) is 0 Å². The smallest absolute Gasteiger partial charge is 0.0547 e. The van der Waals surface area contributed by atoms with Gasteiger partial charge >= 0.3 is 0 Å². The molecule has 60 heavy (non-hydrogen) atoms. The van der Waals surface area contributed by atoms with E-state index in [4.69, 9.17) is 0 Å². The summed E-state index contributed by atoms with van der Waals surface area (Å²) in [5.74, 6) is 0. The maximum atomic E-state index is 2.44. The quantitative estimate of drug-likeness (QED) is 0.150. The van der Waals surface area contributed by atoms with Crippen molar-refractivity contribution in [1.29, 1.82) is 0 Å². The van der Waals surface area contributed by atoms with Crippen molar-refractivity contribution < 1.29 is 0 Å². The molecule has 0 N–H and O–H groups in total. The lowest BCUT2D eigenvalue weighted by atomic mass is 9.98. The summed E-state index contributed by atoms with van der Waals surface area (Å²) < 4.78 is 2.44. The van der Waals surface area contributed by atoms with E-state index in [-0.39, 0.29) is 0 Å². The van der Waals surface area contributed by atoms with Crippen LogP contribution in [0, 0.1) is 0 Å². The van der Waals surface area contributed by atoms with Crippen molar-refractivity contribution in [2.75, 3.05) is 4.90 Å². The van der Waals surface area contributed by atoms with Gasteiger partial charge in [0.15, 0.2) is 0 Å². The van der Waals surface area contributed by atoms with Gasteiger partial charge in [-0.3, -0.25) is 0 Å². The molecule has 0 amide bonds. The predicted octanol–water partition coefficient (Wildman–Crippen LogP) is 16.1. The molecule has 11 aromatic rings. The van der Waals surface area contributed by atoms with Crippen molar-refractivity contribution in [3.63, 3.8) is 0 Å². The highest BCUT2D eigenvalue weighted by atomic mass is 15.1. The highest BCUT2D eigenvalue weighted by Gasteiger charge is 2.19. The van der Waals surface area contributed by atoms with Crippen LogP contribution in [0.25, 0.3) is 82.8 Å². The lowest BCUT2D eigenvalue weighted by Crippen LogP contribution is -2.09. The summed E-state index contributed by atoms with van der Waals surface area (Å²) in [6.07, 6.45) is 0. The summed E-state index contributed by atoms with van der Waals surface area (Å²) >= 11 is 0. The zero-order chi connectivity index (χ0) is 39.8. The largest absolute Gasteiger partial charge is 0.311 e. The Kier molecular flexibility index (Phi) is 8.87. The Morgan fingerprint density at radius 2 is 0.700 bits per heavy atom. The molecule has 0 aliphatic rings. The van der Waals surface area contributed by atoms with Gasteiger partial charge in [0.1, 0.15) is 0 Å². The number of para-hydroxylation sites is 2. The second-order valence-corrected chi connectivity index (χ2v) is 15.3. The number of rotatable bonds is 8. The van der Waals surface area contributed by atoms with Gasteiger partial charge in [0.25, 0.3) is 0 Å². The molecule has 10 aromatic carbocycles. The predicted molar refractivity (Wildman–Crippen MR) is 255 cm³/mol. The first-order chi connectivity index (χ1) is 29.8. The van der Waals surface area contributed by atoms with E-state index < -0.39 is 0 Å². The average Bonchev–Trinajstić information content (AvgIpc) is 3.67. The number of hydrogen-bond donors (Lipinski definition) is 0. The van der Waals surface area contributed by atoms with E-state index in [0.29, 0.717) is 0 Å². The summed E-state index contributed by atoms with van der Waals surface area (Å²) in [6, 6.07) is 87.7. The average molecular weight is 765 g/mol. The van der Waals surface area contributed by atoms with Crippen LogP contribution in [0.1, 0.15) is 0 Å². The van der Waals surface area contributed by atoms with Crippen LogP contribution in [0.5, 0.6) is 0 Å². The molecular formula is C58H40N2. The van der Waals surface area contributed by atoms with Gasteiger partial charge in [0, 0.05) is 33.4 Å². The van der Waals surface area contributed by atoms with Gasteiger partial charge in [-0.15, -0.1) is 0 Å². The minimum atomic E-state index is 1.09. The molecular weight excluding hydrogens is 725 g/mol. The SMILES string of the molecule is c1ccc(-c2ccc(N(c3ccc(-c4ccccc4-n4c5ccccc5c5c(-c6ccccc6)cccc54)cc3)c3ccc(-c4cccc5ccccc45)cc3)cc2)cc1. The highest BCUT2D eigenvalue weighted by molar-refractivity contribution is 6.16. The first-order valence-electron chi connectivity index (χ1n) is 20.6. The fraction of sp³-hybridized carbons (Fsp3) is 0. The van der Waals surface area contributed by atoms with E-state index in [1.165, 1.54) is 71.5 Å². The zero-order valence-electron chi connectivity index (χ0n) is 33.0. The first-order valence-corrected chi connectivity index (χ1v) is 20.6. The molecule has 11 rings (SSSR count). The van der Waals surface area contributed by atoms with Crippen LogP contribution in [0.3, 0.4) is 0 Å². The van der Waals surface area contributed by atoms with Crippen LogP contribution in [-0.4, -0.2) is 4.57 Å². The Hall–Kier alpha value is -7.94. The van der Waals surface area contributed by atoms with Crippen molar-refractivity contribution in [2.24, 2.45) is 0 Å². The van der Waals surface area contributed by atoms with Crippen LogP contribution >= 0.6 is 0 Å². The van der Waals surface area contributed by atoms with E-state index in [2.05, 4.69) is 252 Å². The van der Waals surface area contributed by atoms with Gasteiger partial charge < -0.3 is 9.47 Å². The van der Waals surface area contributed by atoms with E-state index in [0.717, 1.165) is 28.3 Å².